The van der Waals surface area contributed by atoms with Gasteiger partial charge in [0.05, 0.1) is 6.10 Å². The standard InChI is InChI=1S/C12H14O2/c13-10-7-4-8-12(11(10)14-12)9-5-2-1-3-6-9/h1-3,5-6,10-11,13H,4,7-8H2/t10-,11-,12+/m1/s1. The molecule has 1 saturated heterocycles. The number of rotatable bonds is 1. The van der Waals surface area contributed by atoms with Crippen molar-refractivity contribution in [2.45, 2.75) is 37.1 Å². The highest BCUT2D eigenvalue weighted by Crippen LogP contribution is 2.55. The van der Waals surface area contributed by atoms with Crippen molar-refractivity contribution >= 4 is 0 Å². The van der Waals surface area contributed by atoms with E-state index in [1.807, 2.05) is 18.2 Å². The third kappa shape index (κ3) is 1.04. The molecule has 1 aliphatic heterocycles. The predicted molar refractivity (Wildman–Crippen MR) is 52.9 cm³/mol. The smallest absolute Gasteiger partial charge is 0.122 e. The topological polar surface area (TPSA) is 32.8 Å². The lowest BCUT2D eigenvalue weighted by molar-refractivity contribution is 0.122. The van der Waals surface area contributed by atoms with E-state index in [1.54, 1.807) is 0 Å². The number of benzene rings is 1. The summed E-state index contributed by atoms with van der Waals surface area (Å²) in [6.45, 7) is 0. The van der Waals surface area contributed by atoms with Crippen LogP contribution in [-0.4, -0.2) is 17.3 Å². The van der Waals surface area contributed by atoms with E-state index < -0.39 is 0 Å². The molecule has 1 aromatic rings. The average Bonchev–Trinajstić information content (AvgIpc) is 2.97. The van der Waals surface area contributed by atoms with Crippen molar-refractivity contribution < 1.29 is 9.84 Å². The van der Waals surface area contributed by atoms with Crippen LogP contribution in [0.15, 0.2) is 30.3 Å². The average molecular weight is 190 g/mol. The molecule has 1 aliphatic carbocycles. The Balaban J connectivity index is 1.93. The highest BCUT2D eigenvalue weighted by atomic mass is 16.6. The van der Waals surface area contributed by atoms with Gasteiger partial charge in [0.2, 0.25) is 0 Å². The summed E-state index contributed by atoms with van der Waals surface area (Å²) in [6.07, 6.45) is 2.80. The lowest BCUT2D eigenvalue weighted by Crippen LogP contribution is -2.28. The lowest BCUT2D eigenvalue weighted by Gasteiger charge is -2.20. The van der Waals surface area contributed by atoms with Gasteiger partial charge < -0.3 is 9.84 Å². The number of aliphatic hydroxyl groups excluding tert-OH is 1. The van der Waals surface area contributed by atoms with Gasteiger partial charge in [-0.2, -0.15) is 0 Å². The van der Waals surface area contributed by atoms with Gasteiger partial charge in [-0.15, -0.1) is 0 Å². The van der Waals surface area contributed by atoms with Crippen LogP contribution in [0.25, 0.3) is 0 Å². The Kier molecular flexibility index (Phi) is 1.70. The zero-order valence-corrected chi connectivity index (χ0v) is 8.02. The first-order chi connectivity index (χ1) is 6.83. The van der Waals surface area contributed by atoms with E-state index >= 15 is 0 Å². The van der Waals surface area contributed by atoms with Gasteiger partial charge in [0.15, 0.2) is 0 Å². The number of epoxide rings is 1. The molecule has 2 nitrogen and oxygen atoms in total. The molecule has 2 fully saturated rings. The zero-order chi connectivity index (χ0) is 9.60. The molecular weight excluding hydrogens is 176 g/mol. The summed E-state index contributed by atoms with van der Waals surface area (Å²) < 4.78 is 5.71. The molecule has 14 heavy (non-hydrogen) atoms. The summed E-state index contributed by atoms with van der Waals surface area (Å²) in [5, 5.41) is 9.72. The molecular formula is C12H14O2. The van der Waals surface area contributed by atoms with E-state index in [9.17, 15) is 5.11 Å². The Morgan fingerprint density at radius 3 is 2.86 bits per heavy atom. The third-order valence-corrected chi connectivity index (χ3v) is 3.40. The van der Waals surface area contributed by atoms with Gasteiger partial charge in [0.1, 0.15) is 11.7 Å². The fourth-order valence-electron chi connectivity index (χ4n) is 2.61. The van der Waals surface area contributed by atoms with Crippen LogP contribution in [0, 0.1) is 0 Å². The highest BCUT2D eigenvalue weighted by Gasteiger charge is 2.62. The van der Waals surface area contributed by atoms with E-state index in [-0.39, 0.29) is 17.8 Å². The normalized spacial score (nSPS) is 40.4. The van der Waals surface area contributed by atoms with Crippen LogP contribution < -0.4 is 0 Å². The van der Waals surface area contributed by atoms with Gasteiger partial charge in [0.25, 0.3) is 0 Å². The monoisotopic (exact) mass is 190 g/mol. The largest absolute Gasteiger partial charge is 0.390 e. The maximum Gasteiger partial charge on any atom is 0.122 e. The predicted octanol–water partition coefficient (Wildman–Crippen LogP) is 1.83. The SMILES string of the molecule is O[C@@H]1CCC[C@@]2(c3ccccc3)O[C@H]12. The summed E-state index contributed by atoms with van der Waals surface area (Å²) >= 11 is 0. The Labute approximate surface area is 83.5 Å². The van der Waals surface area contributed by atoms with Crippen LogP contribution in [0.5, 0.6) is 0 Å². The second-order valence-electron chi connectivity index (χ2n) is 4.25. The van der Waals surface area contributed by atoms with Gasteiger partial charge in [-0.25, -0.2) is 0 Å². The lowest BCUT2D eigenvalue weighted by atomic mass is 9.82. The molecule has 1 saturated carbocycles. The van der Waals surface area contributed by atoms with Crippen LogP contribution >= 0.6 is 0 Å². The van der Waals surface area contributed by atoms with Crippen molar-refractivity contribution in [2.75, 3.05) is 0 Å². The van der Waals surface area contributed by atoms with Crippen molar-refractivity contribution in [3.63, 3.8) is 0 Å². The number of ether oxygens (including phenoxy) is 1. The second-order valence-corrected chi connectivity index (χ2v) is 4.25. The van der Waals surface area contributed by atoms with Crippen LogP contribution in [0.2, 0.25) is 0 Å². The summed E-state index contributed by atoms with van der Waals surface area (Å²) in [6, 6.07) is 10.3. The fourth-order valence-corrected chi connectivity index (χ4v) is 2.61. The Morgan fingerprint density at radius 1 is 1.29 bits per heavy atom. The van der Waals surface area contributed by atoms with Crippen molar-refractivity contribution in [1.82, 2.24) is 0 Å². The number of hydrogen-bond donors (Lipinski definition) is 1. The zero-order valence-electron chi connectivity index (χ0n) is 8.02. The fraction of sp³-hybridized carbons (Fsp3) is 0.500. The first-order valence-corrected chi connectivity index (χ1v) is 5.24. The van der Waals surface area contributed by atoms with Gasteiger partial charge in [-0.3, -0.25) is 0 Å². The molecule has 1 N–H and O–H groups in total. The molecule has 3 rings (SSSR count). The van der Waals surface area contributed by atoms with Crippen LogP contribution in [-0.2, 0) is 10.3 Å². The quantitative estimate of drug-likeness (QED) is 0.685. The minimum absolute atomic E-state index is 0.0543. The van der Waals surface area contributed by atoms with Gasteiger partial charge >= 0.3 is 0 Å². The van der Waals surface area contributed by atoms with Gasteiger partial charge in [-0.05, 0) is 24.8 Å². The summed E-state index contributed by atoms with van der Waals surface area (Å²) in [5.74, 6) is 0. The van der Waals surface area contributed by atoms with E-state index in [4.69, 9.17) is 4.74 Å². The van der Waals surface area contributed by atoms with Gasteiger partial charge in [-0.1, -0.05) is 30.3 Å². The molecule has 0 spiro atoms. The van der Waals surface area contributed by atoms with Gasteiger partial charge in [0, 0.05) is 0 Å². The van der Waals surface area contributed by atoms with Crippen molar-refractivity contribution in [3.8, 4) is 0 Å². The molecule has 0 amide bonds. The van der Waals surface area contributed by atoms with Crippen molar-refractivity contribution in [1.29, 1.82) is 0 Å². The van der Waals surface area contributed by atoms with E-state index in [2.05, 4.69) is 12.1 Å². The Hall–Kier alpha value is -0.860. The molecule has 2 heteroatoms. The molecule has 74 valence electrons. The number of hydrogen-bond acceptors (Lipinski definition) is 2. The molecule has 0 bridgehead atoms. The molecule has 3 atom stereocenters. The van der Waals surface area contributed by atoms with E-state index in [0.717, 1.165) is 19.3 Å². The molecule has 2 aliphatic rings. The molecule has 0 radical (unpaired) electrons. The van der Waals surface area contributed by atoms with Crippen LogP contribution in [0.1, 0.15) is 24.8 Å². The van der Waals surface area contributed by atoms with Crippen molar-refractivity contribution in [3.05, 3.63) is 35.9 Å². The first kappa shape index (κ1) is 8.45. The first-order valence-electron chi connectivity index (χ1n) is 5.24. The summed E-state index contributed by atoms with van der Waals surface area (Å²) in [5.41, 5.74) is 1.09. The maximum absolute atomic E-state index is 9.72. The Morgan fingerprint density at radius 2 is 2.07 bits per heavy atom. The number of fused-ring (bicyclic) bond motifs is 1. The Bertz CT molecular complexity index is 335. The highest BCUT2D eigenvalue weighted by molar-refractivity contribution is 5.31. The molecule has 0 unspecified atom stereocenters. The molecule has 1 aromatic carbocycles. The van der Waals surface area contributed by atoms with E-state index in [1.165, 1.54) is 5.56 Å². The van der Waals surface area contributed by atoms with Crippen LogP contribution in [0.4, 0.5) is 0 Å². The molecule has 0 aromatic heterocycles. The third-order valence-electron chi connectivity index (χ3n) is 3.40. The minimum Gasteiger partial charge on any atom is -0.390 e. The van der Waals surface area contributed by atoms with Crippen molar-refractivity contribution in [2.24, 2.45) is 0 Å². The summed E-state index contributed by atoms with van der Waals surface area (Å²) in [7, 11) is 0. The van der Waals surface area contributed by atoms with E-state index in [0.29, 0.717) is 0 Å². The maximum atomic E-state index is 9.72. The van der Waals surface area contributed by atoms with Crippen LogP contribution in [0.3, 0.4) is 0 Å². The molecule has 1 heterocycles. The minimum atomic E-state index is -0.260. The number of aliphatic hydroxyl groups is 1. The second kappa shape index (κ2) is 2.81. The summed E-state index contributed by atoms with van der Waals surface area (Å²) in [4.78, 5) is 0.